The van der Waals surface area contributed by atoms with Gasteiger partial charge in [0, 0.05) is 12.5 Å². The number of carbonyl (C=O) groups is 1. The van der Waals surface area contributed by atoms with Crippen LogP contribution in [0.3, 0.4) is 0 Å². The molecule has 0 saturated heterocycles. The third-order valence-corrected chi connectivity index (χ3v) is 4.32. The van der Waals surface area contributed by atoms with Crippen molar-refractivity contribution in [3.63, 3.8) is 0 Å². The van der Waals surface area contributed by atoms with Gasteiger partial charge in [0.15, 0.2) is 0 Å². The average molecular weight is 365 g/mol. The van der Waals surface area contributed by atoms with Crippen LogP contribution in [0.15, 0.2) is 71.3 Å². The molecule has 0 saturated carbocycles. The predicted octanol–water partition coefficient (Wildman–Crippen LogP) is 4.14. The summed E-state index contributed by atoms with van der Waals surface area (Å²) in [6, 6.07) is 18.8. The molecule has 27 heavy (non-hydrogen) atoms. The molecule has 0 spiro atoms. The molecule has 1 heterocycles. The van der Waals surface area contributed by atoms with E-state index in [9.17, 15) is 4.79 Å². The highest BCUT2D eigenvalue weighted by molar-refractivity contribution is 5.77. The van der Waals surface area contributed by atoms with E-state index in [-0.39, 0.29) is 11.9 Å². The van der Waals surface area contributed by atoms with Gasteiger partial charge in [-0.3, -0.25) is 4.79 Å². The number of ether oxygens (including phenoxy) is 2. The van der Waals surface area contributed by atoms with Gasteiger partial charge in [0.2, 0.25) is 5.91 Å². The van der Waals surface area contributed by atoms with Crippen molar-refractivity contribution in [2.45, 2.75) is 18.9 Å². The minimum atomic E-state index is -0.312. The molecular formula is C22H23NO4. The van der Waals surface area contributed by atoms with Crippen molar-refractivity contribution in [2.24, 2.45) is 0 Å². The van der Waals surface area contributed by atoms with Crippen LogP contribution in [-0.2, 0) is 11.2 Å². The Morgan fingerprint density at radius 3 is 2.30 bits per heavy atom. The second kappa shape index (κ2) is 8.94. The summed E-state index contributed by atoms with van der Waals surface area (Å²) < 4.78 is 16.1. The maximum atomic E-state index is 12.6. The lowest BCUT2D eigenvalue weighted by atomic mass is 10.0. The summed E-state index contributed by atoms with van der Waals surface area (Å²) in [6.45, 7) is 0. The molecule has 0 fully saturated rings. The van der Waals surface area contributed by atoms with Crippen molar-refractivity contribution in [3.05, 3.63) is 83.8 Å². The molecule has 5 nitrogen and oxygen atoms in total. The van der Waals surface area contributed by atoms with Crippen molar-refractivity contribution in [2.75, 3.05) is 14.2 Å². The van der Waals surface area contributed by atoms with Crippen molar-refractivity contribution in [3.8, 4) is 11.5 Å². The number of rotatable bonds is 8. The summed E-state index contributed by atoms with van der Waals surface area (Å²) in [7, 11) is 3.22. The fraction of sp³-hybridized carbons (Fsp3) is 0.227. The van der Waals surface area contributed by atoms with Crippen molar-refractivity contribution < 1.29 is 18.7 Å². The van der Waals surface area contributed by atoms with Gasteiger partial charge < -0.3 is 19.2 Å². The monoisotopic (exact) mass is 365 g/mol. The highest BCUT2D eigenvalue weighted by atomic mass is 16.5. The van der Waals surface area contributed by atoms with E-state index in [0.717, 1.165) is 11.1 Å². The quantitative estimate of drug-likeness (QED) is 0.652. The first-order chi connectivity index (χ1) is 13.2. The Labute approximate surface area is 158 Å². The molecule has 3 aromatic rings. The van der Waals surface area contributed by atoms with Crippen molar-refractivity contribution in [1.82, 2.24) is 5.32 Å². The molecule has 1 amide bonds. The van der Waals surface area contributed by atoms with Crippen LogP contribution < -0.4 is 14.8 Å². The number of aryl methyl sites for hydroxylation is 1. The van der Waals surface area contributed by atoms with Crippen LogP contribution in [0.1, 0.15) is 29.3 Å². The minimum absolute atomic E-state index is 0.0537. The third kappa shape index (κ3) is 4.91. The van der Waals surface area contributed by atoms with E-state index in [4.69, 9.17) is 13.9 Å². The van der Waals surface area contributed by atoms with E-state index in [1.54, 1.807) is 20.5 Å². The number of carbonyl (C=O) groups excluding carboxylic acids is 1. The maximum Gasteiger partial charge on any atom is 0.221 e. The van der Waals surface area contributed by atoms with Gasteiger partial charge in [0.05, 0.1) is 20.5 Å². The largest absolute Gasteiger partial charge is 0.497 e. The zero-order chi connectivity index (χ0) is 19.1. The third-order valence-electron chi connectivity index (χ3n) is 4.32. The molecule has 2 aromatic carbocycles. The molecule has 140 valence electrons. The lowest BCUT2D eigenvalue weighted by Crippen LogP contribution is -2.29. The van der Waals surface area contributed by atoms with Crippen LogP contribution >= 0.6 is 0 Å². The second-order valence-corrected chi connectivity index (χ2v) is 6.15. The molecule has 0 aliphatic heterocycles. The van der Waals surface area contributed by atoms with Crippen LogP contribution in [0, 0.1) is 0 Å². The number of benzene rings is 2. The SMILES string of the molecule is COc1cc(CCC(=O)NC(c2ccccc2)c2ccco2)cc(OC)c1. The van der Waals surface area contributed by atoms with Crippen molar-refractivity contribution >= 4 is 5.91 Å². The normalized spacial score (nSPS) is 11.6. The fourth-order valence-corrected chi connectivity index (χ4v) is 2.92. The van der Waals surface area contributed by atoms with Gasteiger partial charge in [-0.25, -0.2) is 0 Å². The van der Waals surface area contributed by atoms with E-state index in [2.05, 4.69) is 5.32 Å². The van der Waals surface area contributed by atoms with Gasteiger partial charge in [0.25, 0.3) is 0 Å². The molecule has 0 aliphatic rings. The Bertz CT molecular complexity index is 837. The van der Waals surface area contributed by atoms with E-state index in [1.807, 2.05) is 60.7 Å². The highest BCUT2D eigenvalue weighted by Gasteiger charge is 2.19. The van der Waals surface area contributed by atoms with Crippen LogP contribution in [-0.4, -0.2) is 20.1 Å². The Balaban J connectivity index is 1.68. The van der Waals surface area contributed by atoms with Crippen molar-refractivity contribution in [1.29, 1.82) is 0 Å². The average Bonchev–Trinajstić information content (AvgIpc) is 3.25. The number of amides is 1. The Hall–Kier alpha value is -3.21. The van der Waals surface area contributed by atoms with Crippen LogP contribution in [0.4, 0.5) is 0 Å². The van der Waals surface area contributed by atoms with Gasteiger partial charge in [-0.1, -0.05) is 30.3 Å². The number of methoxy groups -OCH3 is 2. The Morgan fingerprint density at radius 1 is 1.00 bits per heavy atom. The second-order valence-electron chi connectivity index (χ2n) is 6.15. The summed E-state index contributed by atoms with van der Waals surface area (Å²) in [4.78, 5) is 12.6. The van der Waals surface area contributed by atoms with Gasteiger partial charge >= 0.3 is 0 Å². The summed E-state index contributed by atoms with van der Waals surface area (Å²) in [5, 5.41) is 3.07. The number of hydrogen-bond acceptors (Lipinski definition) is 4. The summed E-state index contributed by atoms with van der Waals surface area (Å²) >= 11 is 0. The first-order valence-electron chi connectivity index (χ1n) is 8.79. The summed E-state index contributed by atoms with van der Waals surface area (Å²) in [5.41, 5.74) is 1.96. The zero-order valence-electron chi connectivity index (χ0n) is 15.5. The number of furan rings is 1. The lowest BCUT2D eigenvalue weighted by molar-refractivity contribution is -0.121. The number of hydrogen-bond donors (Lipinski definition) is 1. The molecule has 1 N–H and O–H groups in total. The molecule has 0 aliphatic carbocycles. The molecule has 1 unspecified atom stereocenters. The predicted molar refractivity (Wildman–Crippen MR) is 103 cm³/mol. The molecule has 5 heteroatoms. The van der Waals surface area contributed by atoms with E-state index in [0.29, 0.717) is 30.1 Å². The molecule has 3 rings (SSSR count). The Kier molecular flexibility index (Phi) is 6.15. The topological polar surface area (TPSA) is 60.7 Å². The fourth-order valence-electron chi connectivity index (χ4n) is 2.92. The first-order valence-corrected chi connectivity index (χ1v) is 8.79. The van der Waals surface area contributed by atoms with Gasteiger partial charge in [-0.05, 0) is 41.8 Å². The van der Waals surface area contributed by atoms with Gasteiger partial charge in [-0.2, -0.15) is 0 Å². The maximum absolute atomic E-state index is 12.6. The summed E-state index contributed by atoms with van der Waals surface area (Å²) in [5.74, 6) is 2.07. The summed E-state index contributed by atoms with van der Waals surface area (Å²) in [6.07, 6.45) is 2.54. The highest BCUT2D eigenvalue weighted by Crippen LogP contribution is 2.24. The molecular weight excluding hydrogens is 342 g/mol. The lowest BCUT2D eigenvalue weighted by Gasteiger charge is -2.17. The minimum Gasteiger partial charge on any atom is -0.497 e. The van der Waals surface area contributed by atoms with E-state index in [1.165, 1.54) is 0 Å². The Morgan fingerprint density at radius 2 is 1.70 bits per heavy atom. The molecule has 1 aromatic heterocycles. The smallest absolute Gasteiger partial charge is 0.221 e. The van der Waals surface area contributed by atoms with E-state index >= 15 is 0 Å². The molecule has 0 radical (unpaired) electrons. The number of nitrogens with one attached hydrogen (secondary N) is 1. The van der Waals surface area contributed by atoms with E-state index < -0.39 is 0 Å². The standard InChI is InChI=1S/C22H23NO4/c1-25-18-13-16(14-19(15-18)26-2)10-11-21(24)23-22(20-9-6-12-27-20)17-7-4-3-5-8-17/h3-9,12-15,22H,10-11H2,1-2H3,(H,23,24). The van der Waals surface area contributed by atoms with Crippen LogP contribution in [0.25, 0.3) is 0 Å². The first kappa shape index (κ1) is 18.6. The van der Waals surface area contributed by atoms with Crippen LogP contribution in [0.5, 0.6) is 11.5 Å². The molecule has 0 bridgehead atoms. The van der Waals surface area contributed by atoms with Gasteiger partial charge in [-0.15, -0.1) is 0 Å². The molecule has 1 atom stereocenters. The van der Waals surface area contributed by atoms with Crippen LogP contribution in [0.2, 0.25) is 0 Å². The van der Waals surface area contributed by atoms with Gasteiger partial charge in [0.1, 0.15) is 23.3 Å². The zero-order valence-corrected chi connectivity index (χ0v) is 15.5.